The van der Waals surface area contributed by atoms with Gasteiger partial charge >= 0.3 is 35.0 Å². The van der Waals surface area contributed by atoms with Crippen molar-refractivity contribution in [3.05, 3.63) is 129 Å². The minimum atomic E-state index is -1.22. The molecule has 66 heavy (non-hydrogen) atoms. The Bertz CT molecular complexity index is 2810. The maximum Gasteiger partial charge on any atom is 2.00 e. The Morgan fingerprint density at radius 1 is 0.697 bits per heavy atom. The van der Waals surface area contributed by atoms with E-state index < -0.39 is 23.8 Å². The molecular formula is C55H66MgN4O6-2. The van der Waals surface area contributed by atoms with Crippen LogP contribution in [0, 0.1) is 32.6 Å². The fourth-order valence-electron chi connectivity index (χ4n) is 9.49. The smallest absolute Gasteiger partial charge is 0.678 e. The largest absolute Gasteiger partial charge is 2.00 e. The number of ketones is 2. The summed E-state index contributed by atoms with van der Waals surface area (Å²) in [4.78, 5) is 69.7. The molecule has 5 heterocycles. The summed E-state index contributed by atoms with van der Waals surface area (Å²) in [5, 5.41) is 7.61. The number of fused-ring (bicyclic) bond motifs is 7. The molecule has 0 aromatic carbocycles. The number of carbonyl (C=O) groups excluding carboxylic acids is 4. The number of nitrogens with zero attached hydrogens (tertiary/aromatic N) is 4. The van der Waals surface area contributed by atoms with E-state index in [2.05, 4.69) is 59.8 Å². The van der Waals surface area contributed by atoms with Crippen molar-refractivity contribution in [2.75, 3.05) is 13.7 Å². The second-order valence-electron chi connectivity index (χ2n) is 18.3. The molecule has 3 aliphatic rings. The van der Waals surface area contributed by atoms with E-state index in [0.717, 1.165) is 77.3 Å². The first-order valence-electron chi connectivity index (χ1n) is 23.2. The average Bonchev–Trinajstić information content (AvgIpc) is 4.00. The van der Waals surface area contributed by atoms with Crippen LogP contribution in [0.4, 0.5) is 0 Å². The third-order valence-electron chi connectivity index (χ3n) is 13.3. The van der Waals surface area contributed by atoms with E-state index in [1.165, 1.54) is 30.8 Å². The number of Topliss-reactive ketones (excluding diaryl/α,β-unsaturated/α-hetero) is 2. The summed E-state index contributed by atoms with van der Waals surface area (Å²) in [6, 6.07) is -0.698. The van der Waals surface area contributed by atoms with Gasteiger partial charge in [0.1, 0.15) is 12.5 Å². The van der Waals surface area contributed by atoms with Crippen LogP contribution in [-0.4, -0.2) is 66.3 Å². The fourth-order valence-corrected chi connectivity index (χ4v) is 9.49. The Morgan fingerprint density at radius 3 is 1.89 bits per heavy atom. The molecule has 0 radical (unpaired) electrons. The van der Waals surface area contributed by atoms with Gasteiger partial charge in [-0.25, -0.2) is 0 Å². The summed E-state index contributed by atoms with van der Waals surface area (Å²) in [6.45, 7) is 22.2. The van der Waals surface area contributed by atoms with Crippen molar-refractivity contribution in [3.8, 4) is 0 Å². The molecule has 6 rings (SSSR count). The maximum atomic E-state index is 14.4. The van der Waals surface area contributed by atoms with Crippen molar-refractivity contribution >= 4 is 70.4 Å². The first kappa shape index (κ1) is 51.8. The standard InChI is InChI=1S/C55H67N4O6.Mg/c1-13-39-34(7)41-29-46-48(38(11)60)36(9)43(57-46)27-42-35(8)40(52(58-42)50-51(55(63)64-12)54(62)49-37(10)44(59-53(49)50)28-45(39)56-41)23-24-47(61)65-26-25-33(6)22-16-21-32(5)20-15-19-31(4)18-14-17-30(2)3;/h17,19,21,25,27-29,49,51,53H,13-16,18,20,22-24,26H2,1-12H3,(H-,56,57,60);/q-3;+2/p-1/b31-19-,32-21+,33-25+,42-27-,45-28-,52-50-;/t49?,51-,53+;/m0./s1. The topological polar surface area (TPSA) is 143 Å². The van der Waals surface area contributed by atoms with E-state index >= 15 is 0 Å². The van der Waals surface area contributed by atoms with Gasteiger partial charge in [0.15, 0.2) is 11.6 Å². The van der Waals surface area contributed by atoms with Crippen molar-refractivity contribution in [1.82, 2.24) is 15.0 Å². The van der Waals surface area contributed by atoms with Crippen LogP contribution in [0.15, 0.2) is 57.9 Å². The van der Waals surface area contributed by atoms with Gasteiger partial charge < -0.3 is 29.7 Å². The Kier molecular flexibility index (Phi) is 17.7. The van der Waals surface area contributed by atoms with Crippen LogP contribution < -0.4 is 36.3 Å². The van der Waals surface area contributed by atoms with Crippen LogP contribution in [0.3, 0.4) is 0 Å². The number of allylic oxidation sites excluding steroid dienone is 8. The van der Waals surface area contributed by atoms with Gasteiger partial charge in [-0.15, -0.1) is 38.5 Å². The Balaban J connectivity index is 0.00000817. The van der Waals surface area contributed by atoms with Crippen molar-refractivity contribution in [2.24, 2.45) is 11.8 Å². The van der Waals surface area contributed by atoms with Gasteiger partial charge in [0.2, 0.25) is 0 Å². The Hall–Kier alpha value is -5.13. The Morgan fingerprint density at radius 2 is 1.29 bits per heavy atom. The van der Waals surface area contributed by atoms with E-state index in [1.807, 2.05) is 52.0 Å². The summed E-state index contributed by atoms with van der Waals surface area (Å²) in [5.74, 6) is -3.36. The zero-order valence-electron chi connectivity index (χ0n) is 41.3. The van der Waals surface area contributed by atoms with Crippen LogP contribution in [0.25, 0.3) is 29.1 Å². The molecule has 11 heteroatoms. The molecule has 10 nitrogen and oxygen atoms in total. The summed E-state index contributed by atoms with van der Waals surface area (Å²) < 4.78 is 11.0. The molecule has 1 aliphatic carbocycles. The van der Waals surface area contributed by atoms with Crippen LogP contribution in [-0.2, 0) is 36.7 Å². The monoisotopic (exact) mass is 902 g/mol. The van der Waals surface area contributed by atoms with Gasteiger partial charge in [-0.05, 0) is 127 Å². The number of carbonyl (C=O) groups is 4. The molecule has 1 fully saturated rings. The van der Waals surface area contributed by atoms with E-state index in [9.17, 15) is 19.2 Å². The molecular weight excluding hydrogens is 837 g/mol. The van der Waals surface area contributed by atoms with Gasteiger partial charge in [0.05, 0.1) is 7.11 Å². The summed E-state index contributed by atoms with van der Waals surface area (Å²) >= 11 is 0. The second kappa shape index (κ2) is 22.6. The van der Waals surface area contributed by atoms with E-state index in [4.69, 9.17) is 29.7 Å². The third-order valence-corrected chi connectivity index (χ3v) is 13.3. The van der Waals surface area contributed by atoms with Gasteiger partial charge in [-0.1, -0.05) is 111 Å². The number of methoxy groups -OCH3 is 1. The SMILES string of the molecule is CCc1c(C)/c2[n-]/c1=C\C1=C(C)C3C(=O)[C@@H](C(=O)OC)/C(=c4/[n-]/c(c(C)c4CCC(=O)OC/C=C(\C)CC/C=C(\C)CC/C=C(/C)CCC=C(C)C)=C\c4[n-]c(c(C(C)=O)c4C)\C=2)[C@@H]3[N-]1.[Mg+2]. The minimum Gasteiger partial charge on any atom is -0.678 e. The Labute approximate surface area is 406 Å². The van der Waals surface area contributed by atoms with Crippen LogP contribution >= 0.6 is 0 Å². The quantitative estimate of drug-likeness (QED) is 0.0456. The van der Waals surface area contributed by atoms with Crippen LogP contribution in [0.2, 0.25) is 0 Å². The molecule has 2 aliphatic heterocycles. The number of esters is 2. The molecule has 8 bridgehead atoms. The molecule has 0 N–H and O–H groups in total. The zero-order chi connectivity index (χ0) is 47.3. The molecule has 3 aromatic rings. The third kappa shape index (κ3) is 11.3. The summed E-state index contributed by atoms with van der Waals surface area (Å²) in [7, 11) is 1.28. The number of ether oxygens (including phenoxy) is 2. The van der Waals surface area contributed by atoms with Gasteiger partial charge in [-0.2, -0.15) is 0 Å². The van der Waals surface area contributed by atoms with E-state index in [0.29, 0.717) is 56.3 Å². The fraction of sp³-hybridized carbons (Fsp3) is 0.455. The zero-order valence-corrected chi connectivity index (χ0v) is 42.7. The molecule has 3 aromatic heterocycles. The van der Waals surface area contributed by atoms with E-state index in [1.54, 1.807) is 0 Å². The van der Waals surface area contributed by atoms with Gasteiger partial charge in [-0.3, -0.25) is 19.2 Å². The van der Waals surface area contributed by atoms with Gasteiger partial charge in [0.25, 0.3) is 0 Å². The van der Waals surface area contributed by atoms with Crippen molar-refractivity contribution in [2.45, 2.75) is 140 Å². The number of rotatable bonds is 17. The number of hydrogen-bond donors (Lipinski definition) is 0. The van der Waals surface area contributed by atoms with Gasteiger partial charge in [0, 0.05) is 17.9 Å². The number of hydrogen-bond acceptors (Lipinski definition) is 6. The second-order valence-corrected chi connectivity index (χ2v) is 18.3. The summed E-state index contributed by atoms with van der Waals surface area (Å²) in [5.41, 5.74) is 13.0. The maximum absolute atomic E-state index is 14.4. The minimum absolute atomic E-state index is 0. The normalized spacial score (nSPS) is 20.4. The predicted molar refractivity (Wildman–Crippen MR) is 264 cm³/mol. The van der Waals surface area contributed by atoms with Crippen molar-refractivity contribution in [3.63, 3.8) is 0 Å². The number of aromatic nitrogens is 3. The molecule has 3 atom stereocenters. The first-order valence-corrected chi connectivity index (χ1v) is 23.2. The van der Waals surface area contributed by atoms with Crippen LogP contribution in [0.1, 0.15) is 150 Å². The van der Waals surface area contributed by atoms with E-state index in [-0.39, 0.29) is 60.0 Å². The molecule has 0 spiro atoms. The molecule has 1 unspecified atom stereocenters. The molecule has 0 saturated heterocycles. The molecule has 1 saturated carbocycles. The first-order chi connectivity index (χ1) is 30.9. The van der Waals surface area contributed by atoms with Crippen LogP contribution in [0.5, 0.6) is 0 Å². The molecule has 0 amide bonds. The summed E-state index contributed by atoms with van der Waals surface area (Å²) in [6.07, 6.45) is 21.6. The molecule has 346 valence electrons. The predicted octanol–water partition coefficient (Wildman–Crippen LogP) is 7.11. The van der Waals surface area contributed by atoms with Crippen molar-refractivity contribution < 1.29 is 28.7 Å². The van der Waals surface area contributed by atoms with Crippen molar-refractivity contribution in [1.29, 1.82) is 0 Å². The average molecular weight is 903 g/mol.